The molecule has 0 bridgehead atoms. The van der Waals surface area contributed by atoms with Gasteiger partial charge in [-0.1, -0.05) is 12.1 Å². The van der Waals surface area contributed by atoms with Crippen LogP contribution in [0.25, 0.3) is 0 Å². The van der Waals surface area contributed by atoms with Crippen LogP contribution >= 0.6 is 0 Å². The third-order valence-corrected chi connectivity index (χ3v) is 4.78. The number of nitrogens with zero attached hydrogens (tertiary/aromatic N) is 1. The molecular weight excluding hydrogens is 274 g/mol. The molecule has 2 rings (SSSR count). The summed E-state index contributed by atoms with van der Waals surface area (Å²) in [6.07, 6.45) is 1.55. The Balaban J connectivity index is 2.52. The number of rotatable bonds is 3. The van der Waals surface area contributed by atoms with E-state index >= 15 is 0 Å². The molecule has 3 N–H and O–H groups in total. The number of nitrogens with one attached hydrogen (secondary N) is 1. The van der Waals surface area contributed by atoms with Crippen LogP contribution in [0, 0.1) is 20.8 Å². The van der Waals surface area contributed by atoms with E-state index in [9.17, 15) is 8.42 Å². The van der Waals surface area contributed by atoms with Crippen molar-refractivity contribution in [2.75, 3.05) is 10.5 Å². The summed E-state index contributed by atoms with van der Waals surface area (Å²) in [5, 5.41) is 0. The minimum atomic E-state index is -3.71. The number of hydrogen-bond acceptors (Lipinski definition) is 4. The third-order valence-electron chi connectivity index (χ3n) is 3.15. The molecule has 0 fully saturated rings. The first-order valence-electron chi connectivity index (χ1n) is 6.13. The lowest BCUT2D eigenvalue weighted by molar-refractivity contribution is 0.600. The summed E-state index contributed by atoms with van der Waals surface area (Å²) in [6, 6.07) is 6.95. The van der Waals surface area contributed by atoms with E-state index in [1.54, 1.807) is 51.2 Å². The maximum Gasteiger partial charge on any atom is 0.263 e. The summed E-state index contributed by atoms with van der Waals surface area (Å²) >= 11 is 0. The summed E-state index contributed by atoms with van der Waals surface area (Å²) in [5.41, 5.74) is 8.21. The molecular formula is C14H17N3O2S. The van der Waals surface area contributed by atoms with Crippen molar-refractivity contribution in [2.45, 2.75) is 25.7 Å². The van der Waals surface area contributed by atoms with Crippen molar-refractivity contribution < 1.29 is 8.42 Å². The van der Waals surface area contributed by atoms with Crippen molar-refractivity contribution in [2.24, 2.45) is 0 Å². The van der Waals surface area contributed by atoms with Crippen molar-refractivity contribution in [3.05, 3.63) is 47.2 Å². The molecule has 0 amide bonds. The van der Waals surface area contributed by atoms with Gasteiger partial charge in [0.25, 0.3) is 10.0 Å². The maximum absolute atomic E-state index is 12.5. The van der Waals surface area contributed by atoms with Gasteiger partial charge in [0.15, 0.2) is 0 Å². The number of pyridine rings is 1. The van der Waals surface area contributed by atoms with Gasteiger partial charge in [0, 0.05) is 11.9 Å². The highest BCUT2D eigenvalue weighted by atomic mass is 32.2. The second-order valence-electron chi connectivity index (χ2n) is 4.70. The van der Waals surface area contributed by atoms with Gasteiger partial charge in [-0.3, -0.25) is 4.72 Å². The number of hydrogen-bond donors (Lipinski definition) is 2. The summed E-state index contributed by atoms with van der Waals surface area (Å²) in [4.78, 5) is 4.26. The van der Waals surface area contributed by atoms with Crippen molar-refractivity contribution >= 4 is 21.5 Å². The number of benzene rings is 1. The number of anilines is 2. The van der Waals surface area contributed by atoms with Crippen LogP contribution in [0.4, 0.5) is 11.5 Å². The Morgan fingerprint density at radius 1 is 1.10 bits per heavy atom. The molecule has 1 aromatic heterocycles. The van der Waals surface area contributed by atoms with Gasteiger partial charge in [0.1, 0.15) is 5.82 Å². The van der Waals surface area contributed by atoms with E-state index in [-0.39, 0.29) is 4.90 Å². The minimum absolute atomic E-state index is 0.211. The van der Waals surface area contributed by atoms with Gasteiger partial charge in [0.2, 0.25) is 0 Å². The van der Waals surface area contributed by atoms with E-state index < -0.39 is 10.0 Å². The molecule has 0 atom stereocenters. The van der Waals surface area contributed by atoms with Gasteiger partial charge in [-0.2, -0.15) is 0 Å². The van der Waals surface area contributed by atoms with E-state index in [1.807, 2.05) is 0 Å². The lowest BCUT2D eigenvalue weighted by Gasteiger charge is -2.14. The predicted molar refractivity (Wildman–Crippen MR) is 80.1 cm³/mol. The third kappa shape index (κ3) is 2.60. The van der Waals surface area contributed by atoms with Crippen molar-refractivity contribution in [3.8, 4) is 0 Å². The fraction of sp³-hybridized carbons (Fsp3) is 0.214. The molecule has 2 aromatic rings. The zero-order valence-corrected chi connectivity index (χ0v) is 12.5. The summed E-state index contributed by atoms with van der Waals surface area (Å²) in [7, 11) is -3.71. The van der Waals surface area contributed by atoms with Crippen LogP contribution in [0.5, 0.6) is 0 Å². The molecule has 0 saturated carbocycles. The number of nitrogens with two attached hydrogens (primary N) is 1. The topological polar surface area (TPSA) is 85.1 Å². The zero-order chi connectivity index (χ0) is 14.9. The maximum atomic E-state index is 12.5. The summed E-state index contributed by atoms with van der Waals surface area (Å²) < 4.78 is 27.6. The van der Waals surface area contributed by atoms with Gasteiger partial charge in [-0.25, -0.2) is 13.4 Å². The smallest absolute Gasteiger partial charge is 0.263 e. The lowest BCUT2D eigenvalue weighted by atomic mass is 10.1. The largest absolute Gasteiger partial charge is 0.398 e. The Labute approximate surface area is 118 Å². The Kier molecular flexibility index (Phi) is 3.67. The van der Waals surface area contributed by atoms with Crippen LogP contribution in [0.1, 0.15) is 16.7 Å². The Hall–Kier alpha value is -2.08. The van der Waals surface area contributed by atoms with E-state index in [4.69, 9.17) is 5.73 Å². The van der Waals surface area contributed by atoms with Crippen LogP contribution in [-0.4, -0.2) is 13.4 Å². The van der Waals surface area contributed by atoms with Gasteiger partial charge in [-0.05, 0) is 49.6 Å². The van der Waals surface area contributed by atoms with E-state index in [1.165, 1.54) is 0 Å². The highest BCUT2D eigenvalue weighted by Crippen LogP contribution is 2.26. The van der Waals surface area contributed by atoms with Crippen LogP contribution < -0.4 is 10.5 Å². The molecule has 0 saturated heterocycles. The monoisotopic (exact) mass is 291 g/mol. The molecule has 0 aliphatic rings. The zero-order valence-electron chi connectivity index (χ0n) is 11.6. The molecule has 5 nitrogen and oxygen atoms in total. The molecule has 0 spiro atoms. The van der Waals surface area contributed by atoms with Gasteiger partial charge < -0.3 is 5.73 Å². The van der Waals surface area contributed by atoms with Crippen LogP contribution in [-0.2, 0) is 10.0 Å². The molecule has 0 aliphatic heterocycles. The highest BCUT2D eigenvalue weighted by molar-refractivity contribution is 7.92. The predicted octanol–water partition coefficient (Wildman–Crippen LogP) is 2.39. The van der Waals surface area contributed by atoms with Crippen molar-refractivity contribution in [1.29, 1.82) is 0 Å². The molecule has 106 valence electrons. The average molecular weight is 291 g/mol. The van der Waals surface area contributed by atoms with Gasteiger partial charge in [-0.15, -0.1) is 0 Å². The quantitative estimate of drug-likeness (QED) is 0.850. The fourth-order valence-electron chi connectivity index (χ4n) is 2.03. The second-order valence-corrected chi connectivity index (χ2v) is 6.32. The van der Waals surface area contributed by atoms with Crippen LogP contribution in [0.15, 0.2) is 35.4 Å². The number of nitrogen functional groups attached to an aromatic ring is 1. The normalized spacial score (nSPS) is 11.3. The SMILES string of the molecule is Cc1cccnc1NS(=O)(=O)c1c(C)ccc(N)c1C. The lowest BCUT2D eigenvalue weighted by Crippen LogP contribution is -2.17. The molecule has 0 aliphatic carbocycles. The van der Waals surface area contributed by atoms with Gasteiger partial charge in [0.05, 0.1) is 4.90 Å². The standard InChI is InChI=1S/C14H17N3O2S/c1-9-6-7-12(15)11(3)13(9)20(18,19)17-14-10(2)5-4-8-16-14/h4-8H,15H2,1-3H3,(H,16,17). The van der Waals surface area contributed by atoms with E-state index in [2.05, 4.69) is 9.71 Å². The highest BCUT2D eigenvalue weighted by Gasteiger charge is 2.21. The first-order valence-corrected chi connectivity index (χ1v) is 7.61. The first-order chi connectivity index (χ1) is 9.33. The van der Waals surface area contributed by atoms with Crippen molar-refractivity contribution in [3.63, 3.8) is 0 Å². The Bertz CT molecular complexity index is 755. The minimum Gasteiger partial charge on any atom is -0.398 e. The Morgan fingerprint density at radius 3 is 2.45 bits per heavy atom. The van der Waals surface area contributed by atoms with E-state index in [0.717, 1.165) is 5.56 Å². The number of aryl methyl sites for hydroxylation is 2. The second kappa shape index (κ2) is 5.13. The molecule has 0 unspecified atom stereocenters. The average Bonchev–Trinajstić information content (AvgIpc) is 2.37. The molecule has 1 heterocycles. The summed E-state index contributed by atoms with van der Waals surface area (Å²) in [6.45, 7) is 5.23. The van der Waals surface area contributed by atoms with Crippen LogP contribution in [0.3, 0.4) is 0 Å². The fourth-order valence-corrected chi connectivity index (χ4v) is 3.61. The van der Waals surface area contributed by atoms with E-state index in [0.29, 0.717) is 22.6 Å². The first kappa shape index (κ1) is 14.3. The van der Waals surface area contributed by atoms with Crippen molar-refractivity contribution in [1.82, 2.24) is 4.98 Å². The molecule has 20 heavy (non-hydrogen) atoms. The molecule has 0 radical (unpaired) electrons. The molecule has 6 heteroatoms. The molecule has 1 aromatic carbocycles. The number of sulfonamides is 1. The summed E-state index contributed by atoms with van der Waals surface area (Å²) in [5.74, 6) is 0.328. The Morgan fingerprint density at radius 2 is 1.80 bits per heavy atom. The van der Waals surface area contributed by atoms with Gasteiger partial charge >= 0.3 is 0 Å². The van der Waals surface area contributed by atoms with Crippen LogP contribution in [0.2, 0.25) is 0 Å². The number of aromatic nitrogens is 1.